The van der Waals surface area contributed by atoms with Crippen LogP contribution in [0.2, 0.25) is 0 Å². The van der Waals surface area contributed by atoms with Crippen molar-refractivity contribution in [1.29, 1.82) is 0 Å². The highest BCUT2D eigenvalue weighted by Gasteiger charge is 2.23. The summed E-state index contributed by atoms with van der Waals surface area (Å²) >= 11 is 0. The molecule has 1 atom stereocenters. The summed E-state index contributed by atoms with van der Waals surface area (Å²) in [5.74, 6) is -0.0890. The van der Waals surface area contributed by atoms with E-state index < -0.39 is 6.04 Å². The summed E-state index contributed by atoms with van der Waals surface area (Å²) < 4.78 is 0. The maximum atomic E-state index is 12.7. The third kappa shape index (κ3) is 6.12. The van der Waals surface area contributed by atoms with Crippen molar-refractivity contribution in [3.63, 3.8) is 0 Å². The highest BCUT2D eigenvalue weighted by molar-refractivity contribution is 5.98. The van der Waals surface area contributed by atoms with Crippen molar-refractivity contribution in [2.75, 3.05) is 19.0 Å². The van der Waals surface area contributed by atoms with Gasteiger partial charge < -0.3 is 15.5 Å². The number of carbonyl (C=O) groups excluding carboxylic acids is 2. The summed E-state index contributed by atoms with van der Waals surface area (Å²) in [6, 6.07) is 14.9. The first-order valence-electron chi connectivity index (χ1n) is 9.68. The molecule has 5 nitrogen and oxygen atoms in total. The number of hydrogen-bond donors (Lipinski definition) is 2. The predicted octanol–water partition coefficient (Wildman–Crippen LogP) is 3.52. The lowest BCUT2D eigenvalue weighted by Crippen LogP contribution is -2.47. The molecule has 0 aliphatic heterocycles. The fraction of sp³-hybridized carbons (Fsp3) is 0.391. The molecule has 2 aromatic rings. The Balaban J connectivity index is 2.02. The van der Waals surface area contributed by atoms with Crippen molar-refractivity contribution in [2.45, 2.75) is 39.8 Å². The monoisotopic (exact) mass is 381 g/mol. The van der Waals surface area contributed by atoms with E-state index in [1.807, 2.05) is 82.2 Å². The first kappa shape index (κ1) is 21.5. The molecule has 0 saturated heterocycles. The van der Waals surface area contributed by atoms with Crippen LogP contribution in [0.25, 0.3) is 0 Å². The first-order valence-corrected chi connectivity index (χ1v) is 9.68. The number of carbonyl (C=O) groups is 2. The Hall–Kier alpha value is -2.82. The van der Waals surface area contributed by atoms with E-state index in [-0.39, 0.29) is 17.7 Å². The molecule has 150 valence electrons. The van der Waals surface area contributed by atoms with Crippen LogP contribution in [0.5, 0.6) is 0 Å². The van der Waals surface area contributed by atoms with Gasteiger partial charge in [-0.05, 0) is 48.6 Å². The van der Waals surface area contributed by atoms with Crippen LogP contribution in [-0.4, -0.2) is 32.0 Å². The van der Waals surface area contributed by atoms with Crippen molar-refractivity contribution in [3.8, 4) is 0 Å². The average molecular weight is 382 g/mol. The molecule has 0 spiro atoms. The number of hydrogen-bond acceptors (Lipinski definition) is 3. The highest BCUT2D eigenvalue weighted by Crippen LogP contribution is 2.13. The number of aryl methyl sites for hydroxylation is 1. The number of benzene rings is 2. The lowest BCUT2D eigenvalue weighted by atomic mass is 10.0. The maximum absolute atomic E-state index is 12.7. The van der Waals surface area contributed by atoms with Gasteiger partial charge in [-0.2, -0.15) is 0 Å². The van der Waals surface area contributed by atoms with E-state index in [0.717, 1.165) is 16.8 Å². The standard InChI is InChI=1S/C23H31N3O2/c1-16(2)14-21(25-22(27)20-9-7-6-8-17(20)3)23(28)24-15-18-10-12-19(13-11-18)26(4)5/h6-13,16,21H,14-15H2,1-5H3,(H,24,28)(H,25,27). The Labute approximate surface area is 168 Å². The zero-order chi connectivity index (χ0) is 20.7. The van der Waals surface area contributed by atoms with Crippen LogP contribution >= 0.6 is 0 Å². The first-order chi connectivity index (χ1) is 13.3. The number of nitrogens with zero attached hydrogens (tertiary/aromatic N) is 1. The van der Waals surface area contributed by atoms with Gasteiger partial charge in [0.05, 0.1) is 0 Å². The van der Waals surface area contributed by atoms with Gasteiger partial charge in [0.2, 0.25) is 5.91 Å². The van der Waals surface area contributed by atoms with Crippen molar-refractivity contribution in [3.05, 3.63) is 65.2 Å². The van der Waals surface area contributed by atoms with E-state index in [4.69, 9.17) is 0 Å². The Morgan fingerprint density at radius 1 is 1.00 bits per heavy atom. The van der Waals surface area contributed by atoms with Gasteiger partial charge in [-0.1, -0.05) is 44.2 Å². The van der Waals surface area contributed by atoms with Crippen LogP contribution in [0.1, 0.15) is 41.8 Å². The van der Waals surface area contributed by atoms with Crippen LogP contribution < -0.4 is 15.5 Å². The zero-order valence-corrected chi connectivity index (χ0v) is 17.5. The smallest absolute Gasteiger partial charge is 0.252 e. The Morgan fingerprint density at radius 2 is 1.64 bits per heavy atom. The molecule has 0 heterocycles. The van der Waals surface area contributed by atoms with Gasteiger partial charge in [0.25, 0.3) is 5.91 Å². The normalized spacial score (nSPS) is 11.8. The Bertz CT molecular complexity index is 798. The van der Waals surface area contributed by atoms with Crippen molar-refractivity contribution < 1.29 is 9.59 Å². The Morgan fingerprint density at radius 3 is 2.21 bits per heavy atom. The van der Waals surface area contributed by atoms with E-state index in [2.05, 4.69) is 10.6 Å². The van der Waals surface area contributed by atoms with Crippen molar-refractivity contribution in [1.82, 2.24) is 10.6 Å². The number of anilines is 1. The SMILES string of the molecule is Cc1ccccc1C(=O)NC(CC(C)C)C(=O)NCc1ccc(N(C)C)cc1. The molecule has 0 radical (unpaired) electrons. The number of rotatable bonds is 8. The second-order valence-electron chi connectivity index (χ2n) is 7.75. The van der Waals surface area contributed by atoms with Gasteiger partial charge in [0.15, 0.2) is 0 Å². The van der Waals surface area contributed by atoms with Crippen LogP contribution in [-0.2, 0) is 11.3 Å². The minimum atomic E-state index is -0.562. The topological polar surface area (TPSA) is 61.4 Å². The van der Waals surface area contributed by atoms with Gasteiger partial charge in [-0.15, -0.1) is 0 Å². The molecule has 0 saturated carbocycles. The van der Waals surface area contributed by atoms with E-state index in [1.165, 1.54) is 0 Å². The molecule has 0 aliphatic rings. The molecule has 0 aliphatic carbocycles. The minimum absolute atomic E-state index is 0.160. The van der Waals surface area contributed by atoms with Crippen molar-refractivity contribution >= 4 is 17.5 Å². The highest BCUT2D eigenvalue weighted by atomic mass is 16.2. The summed E-state index contributed by atoms with van der Waals surface area (Å²) in [7, 11) is 3.98. The summed E-state index contributed by atoms with van der Waals surface area (Å²) in [5, 5.41) is 5.87. The summed E-state index contributed by atoms with van der Waals surface area (Å²) in [6.07, 6.45) is 0.586. The molecule has 1 unspecified atom stereocenters. The fourth-order valence-electron chi connectivity index (χ4n) is 2.99. The van der Waals surface area contributed by atoms with E-state index in [0.29, 0.717) is 18.5 Å². The minimum Gasteiger partial charge on any atom is -0.378 e. The maximum Gasteiger partial charge on any atom is 0.252 e. The molecule has 0 bridgehead atoms. The molecule has 2 aromatic carbocycles. The molecule has 0 aromatic heterocycles. The summed E-state index contributed by atoms with van der Waals surface area (Å²) in [4.78, 5) is 27.4. The summed E-state index contributed by atoms with van der Waals surface area (Å²) in [6.45, 7) is 6.41. The third-order valence-corrected chi connectivity index (χ3v) is 4.64. The van der Waals surface area contributed by atoms with Gasteiger partial charge >= 0.3 is 0 Å². The van der Waals surface area contributed by atoms with Crippen LogP contribution in [0.4, 0.5) is 5.69 Å². The van der Waals surface area contributed by atoms with E-state index in [1.54, 1.807) is 6.07 Å². The van der Waals surface area contributed by atoms with Gasteiger partial charge in [0.1, 0.15) is 6.04 Å². The molecule has 2 rings (SSSR count). The molecular formula is C23H31N3O2. The number of amides is 2. The second-order valence-corrected chi connectivity index (χ2v) is 7.75. The molecular weight excluding hydrogens is 350 g/mol. The van der Waals surface area contributed by atoms with Gasteiger partial charge in [-0.3, -0.25) is 9.59 Å². The fourth-order valence-corrected chi connectivity index (χ4v) is 2.99. The van der Waals surface area contributed by atoms with E-state index >= 15 is 0 Å². The van der Waals surface area contributed by atoms with Crippen LogP contribution in [0, 0.1) is 12.8 Å². The summed E-state index contributed by atoms with van der Waals surface area (Å²) in [5.41, 5.74) is 3.62. The quantitative estimate of drug-likeness (QED) is 0.735. The second kappa shape index (κ2) is 9.93. The predicted molar refractivity (Wildman–Crippen MR) is 115 cm³/mol. The lowest BCUT2D eigenvalue weighted by Gasteiger charge is -2.21. The largest absolute Gasteiger partial charge is 0.378 e. The zero-order valence-electron chi connectivity index (χ0n) is 17.5. The van der Waals surface area contributed by atoms with Gasteiger partial charge in [-0.25, -0.2) is 0 Å². The lowest BCUT2D eigenvalue weighted by molar-refractivity contribution is -0.123. The van der Waals surface area contributed by atoms with Crippen LogP contribution in [0.3, 0.4) is 0 Å². The van der Waals surface area contributed by atoms with Crippen molar-refractivity contribution in [2.24, 2.45) is 5.92 Å². The third-order valence-electron chi connectivity index (χ3n) is 4.64. The average Bonchev–Trinajstić information content (AvgIpc) is 2.65. The number of nitrogens with one attached hydrogen (secondary N) is 2. The van der Waals surface area contributed by atoms with E-state index in [9.17, 15) is 9.59 Å². The van der Waals surface area contributed by atoms with Crippen LogP contribution in [0.15, 0.2) is 48.5 Å². The Kier molecular flexibility index (Phi) is 7.61. The molecule has 2 N–H and O–H groups in total. The molecule has 28 heavy (non-hydrogen) atoms. The van der Waals surface area contributed by atoms with Gasteiger partial charge in [0, 0.05) is 31.9 Å². The molecule has 5 heteroatoms. The molecule has 0 fully saturated rings. The molecule has 2 amide bonds.